The minimum atomic E-state index is -0.187. The number of amides is 1. The fourth-order valence-corrected chi connectivity index (χ4v) is 1.52. The molecular formula is C10H13N5O. The first-order valence-corrected chi connectivity index (χ1v) is 4.90. The van der Waals surface area contributed by atoms with Gasteiger partial charge in [-0.2, -0.15) is 10.2 Å². The fourth-order valence-electron chi connectivity index (χ4n) is 1.52. The zero-order chi connectivity index (χ0) is 11.7. The second-order valence-corrected chi connectivity index (χ2v) is 3.61. The molecule has 0 radical (unpaired) electrons. The average Bonchev–Trinajstić information content (AvgIpc) is 2.83. The molecule has 0 saturated carbocycles. The van der Waals surface area contributed by atoms with Crippen molar-refractivity contribution in [3.05, 3.63) is 29.3 Å². The largest absolute Gasteiger partial charge is 0.319 e. The summed E-state index contributed by atoms with van der Waals surface area (Å²) in [6.45, 7) is 3.77. The second-order valence-electron chi connectivity index (χ2n) is 3.61. The van der Waals surface area contributed by atoms with Crippen LogP contribution >= 0.6 is 0 Å². The molecule has 0 aliphatic carbocycles. The van der Waals surface area contributed by atoms with E-state index in [1.54, 1.807) is 10.9 Å². The van der Waals surface area contributed by atoms with Gasteiger partial charge in [0.1, 0.15) is 0 Å². The maximum Gasteiger partial charge on any atom is 0.258 e. The molecular weight excluding hydrogens is 206 g/mol. The van der Waals surface area contributed by atoms with Crippen LogP contribution in [0.2, 0.25) is 0 Å². The van der Waals surface area contributed by atoms with Gasteiger partial charge in [0, 0.05) is 13.2 Å². The standard InChI is InChI=1S/C10H13N5O/c1-6-9(7(2)15(3)14-6)13-10(16)8-4-11-12-5-8/h4-5H,1-3H3,(H,11,12)(H,13,16). The van der Waals surface area contributed by atoms with Crippen LogP contribution in [0.15, 0.2) is 12.4 Å². The maximum atomic E-state index is 11.8. The van der Waals surface area contributed by atoms with Gasteiger partial charge in [-0.15, -0.1) is 0 Å². The minimum absolute atomic E-state index is 0.187. The van der Waals surface area contributed by atoms with Gasteiger partial charge in [0.05, 0.1) is 28.8 Å². The van der Waals surface area contributed by atoms with Gasteiger partial charge in [-0.3, -0.25) is 14.6 Å². The highest BCUT2D eigenvalue weighted by Crippen LogP contribution is 2.18. The molecule has 0 aliphatic heterocycles. The molecule has 2 aromatic heterocycles. The van der Waals surface area contributed by atoms with Gasteiger partial charge in [-0.25, -0.2) is 0 Å². The zero-order valence-corrected chi connectivity index (χ0v) is 9.40. The quantitative estimate of drug-likeness (QED) is 0.791. The number of hydrogen-bond acceptors (Lipinski definition) is 3. The first kappa shape index (κ1) is 10.4. The molecule has 0 aliphatic rings. The average molecular weight is 219 g/mol. The summed E-state index contributed by atoms with van der Waals surface area (Å²) in [5, 5.41) is 13.4. The molecule has 2 aromatic rings. The molecule has 0 atom stereocenters. The second kappa shape index (κ2) is 3.80. The van der Waals surface area contributed by atoms with Crippen molar-refractivity contribution in [3.8, 4) is 0 Å². The number of carbonyl (C=O) groups excluding carboxylic acids is 1. The number of aryl methyl sites for hydroxylation is 2. The summed E-state index contributed by atoms with van der Waals surface area (Å²) in [6.07, 6.45) is 3.03. The molecule has 2 N–H and O–H groups in total. The molecule has 0 bridgehead atoms. The Morgan fingerprint density at radius 1 is 1.50 bits per heavy atom. The highest BCUT2D eigenvalue weighted by atomic mass is 16.1. The van der Waals surface area contributed by atoms with E-state index in [1.165, 1.54) is 6.20 Å². The topological polar surface area (TPSA) is 75.6 Å². The molecule has 0 spiro atoms. The lowest BCUT2D eigenvalue weighted by molar-refractivity contribution is 0.102. The van der Waals surface area contributed by atoms with Crippen molar-refractivity contribution in [1.29, 1.82) is 0 Å². The fraction of sp³-hybridized carbons (Fsp3) is 0.300. The van der Waals surface area contributed by atoms with Gasteiger partial charge >= 0.3 is 0 Å². The minimum Gasteiger partial charge on any atom is -0.319 e. The number of aromatic amines is 1. The third-order valence-electron chi connectivity index (χ3n) is 2.51. The Morgan fingerprint density at radius 3 is 2.75 bits per heavy atom. The molecule has 0 aromatic carbocycles. The number of nitrogens with zero attached hydrogens (tertiary/aromatic N) is 3. The molecule has 84 valence electrons. The Morgan fingerprint density at radius 2 is 2.25 bits per heavy atom. The van der Waals surface area contributed by atoms with E-state index in [1.807, 2.05) is 20.9 Å². The van der Waals surface area contributed by atoms with E-state index in [-0.39, 0.29) is 5.91 Å². The molecule has 2 rings (SSSR count). The van der Waals surface area contributed by atoms with Gasteiger partial charge in [0.25, 0.3) is 5.91 Å². The number of aromatic nitrogens is 4. The van der Waals surface area contributed by atoms with Crippen molar-refractivity contribution < 1.29 is 4.79 Å². The predicted octanol–water partition coefficient (Wildman–Crippen LogP) is 1.01. The van der Waals surface area contributed by atoms with E-state index in [2.05, 4.69) is 20.6 Å². The maximum absolute atomic E-state index is 11.8. The van der Waals surface area contributed by atoms with Crippen LogP contribution in [0.1, 0.15) is 21.7 Å². The Labute approximate surface area is 92.7 Å². The molecule has 16 heavy (non-hydrogen) atoms. The Hall–Kier alpha value is -2.11. The summed E-state index contributed by atoms with van der Waals surface area (Å²) in [5.41, 5.74) is 2.99. The summed E-state index contributed by atoms with van der Waals surface area (Å²) >= 11 is 0. The lowest BCUT2D eigenvalue weighted by Crippen LogP contribution is -2.12. The number of anilines is 1. The third kappa shape index (κ3) is 1.69. The number of H-pyrrole nitrogens is 1. The smallest absolute Gasteiger partial charge is 0.258 e. The molecule has 0 unspecified atom stereocenters. The molecule has 1 amide bonds. The summed E-state index contributed by atoms with van der Waals surface area (Å²) in [7, 11) is 1.84. The van der Waals surface area contributed by atoms with Crippen molar-refractivity contribution in [2.45, 2.75) is 13.8 Å². The highest BCUT2D eigenvalue weighted by Gasteiger charge is 2.13. The summed E-state index contributed by atoms with van der Waals surface area (Å²) in [5.74, 6) is -0.187. The van der Waals surface area contributed by atoms with Crippen molar-refractivity contribution in [2.24, 2.45) is 7.05 Å². The molecule has 0 saturated heterocycles. The van der Waals surface area contributed by atoms with Crippen molar-refractivity contribution in [1.82, 2.24) is 20.0 Å². The summed E-state index contributed by atoms with van der Waals surface area (Å²) in [6, 6.07) is 0. The van der Waals surface area contributed by atoms with Crippen LogP contribution in [0.4, 0.5) is 5.69 Å². The van der Waals surface area contributed by atoms with Gasteiger partial charge in [0.15, 0.2) is 0 Å². The highest BCUT2D eigenvalue weighted by molar-refractivity contribution is 6.04. The predicted molar refractivity (Wildman–Crippen MR) is 59.2 cm³/mol. The van der Waals surface area contributed by atoms with Crippen molar-refractivity contribution in [2.75, 3.05) is 5.32 Å². The van der Waals surface area contributed by atoms with Crippen LogP contribution in [-0.4, -0.2) is 25.9 Å². The molecule has 2 heterocycles. The van der Waals surface area contributed by atoms with Gasteiger partial charge < -0.3 is 5.32 Å². The third-order valence-corrected chi connectivity index (χ3v) is 2.51. The molecule has 6 nitrogen and oxygen atoms in total. The normalized spacial score (nSPS) is 10.4. The van der Waals surface area contributed by atoms with Gasteiger partial charge in [-0.05, 0) is 13.8 Å². The Kier molecular flexibility index (Phi) is 2.47. The monoisotopic (exact) mass is 219 g/mol. The van der Waals surface area contributed by atoms with E-state index in [4.69, 9.17) is 0 Å². The van der Waals surface area contributed by atoms with Crippen LogP contribution in [0.3, 0.4) is 0 Å². The lowest BCUT2D eigenvalue weighted by atomic mass is 10.3. The number of carbonyl (C=O) groups is 1. The lowest BCUT2D eigenvalue weighted by Gasteiger charge is -2.03. The van der Waals surface area contributed by atoms with Crippen molar-refractivity contribution in [3.63, 3.8) is 0 Å². The Balaban J connectivity index is 2.25. The van der Waals surface area contributed by atoms with E-state index in [9.17, 15) is 4.79 Å². The first-order chi connectivity index (χ1) is 7.59. The van der Waals surface area contributed by atoms with E-state index in [0.717, 1.165) is 17.1 Å². The SMILES string of the molecule is Cc1nn(C)c(C)c1NC(=O)c1cn[nH]c1. The van der Waals surface area contributed by atoms with Gasteiger partial charge in [-0.1, -0.05) is 0 Å². The zero-order valence-electron chi connectivity index (χ0n) is 9.40. The van der Waals surface area contributed by atoms with Crippen LogP contribution in [-0.2, 0) is 7.05 Å². The van der Waals surface area contributed by atoms with Crippen molar-refractivity contribution >= 4 is 11.6 Å². The van der Waals surface area contributed by atoms with E-state index < -0.39 is 0 Å². The molecule has 6 heteroatoms. The van der Waals surface area contributed by atoms with Crippen LogP contribution < -0.4 is 5.32 Å². The Bertz CT molecular complexity index is 512. The van der Waals surface area contributed by atoms with Crippen LogP contribution in [0, 0.1) is 13.8 Å². The number of nitrogens with one attached hydrogen (secondary N) is 2. The van der Waals surface area contributed by atoms with Crippen LogP contribution in [0.5, 0.6) is 0 Å². The first-order valence-electron chi connectivity index (χ1n) is 4.90. The summed E-state index contributed by atoms with van der Waals surface area (Å²) < 4.78 is 1.74. The van der Waals surface area contributed by atoms with E-state index >= 15 is 0 Å². The number of hydrogen-bond donors (Lipinski definition) is 2. The van der Waals surface area contributed by atoms with E-state index in [0.29, 0.717) is 5.56 Å². The van der Waals surface area contributed by atoms with Crippen LogP contribution in [0.25, 0.3) is 0 Å². The summed E-state index contributed by atoms with van der Waals surface area (Å²) in [4.78, 5) is 11.8. The molecule has 0 fully saturated rings. The number of rotatable bonds is 2. The van der Waals surface area contributed by atoms with Gasteiger partial charge in [0.2, 0.25) is 0 Å².